The second-order valence-corrected chi connectivity index (χ2v) is 5.87. The summed E-state index contributed by atoms with van der Waals surface area (Å²) in [7, 11) is -4.60. The van der Waals surface area contributed by atoms with Gasteiger partial charge in [0, 0.05) is 18.7 Å². The fraction of sp³-hybridized carbons (Fsp3) is 0.400. The maximum absolute atomic E-state index is 12.4. The first-order valence-corrected chi connectivity index (χ1v) is 6.94. The smallest absolute Gasteiger partial charge is 0.395 e. The number of halogens is 3. The summed E-state index contributed by atoms with van der Waals surface area (Å²) in [6.07, 6.45) is -4.80. The van der Waals surface area contributed by atoms with Crippen LogP contribution in [0.25, 0.3) is 0 Å². The van der Waals surface area contributed by atoms with Gasteiger partial charge >= 0.3 is 6.18 Å². The highest BCUT2D eigenvalue weighted by Crippen LogP contribution is 2.24. The number of nitrogens with zero attached hydrogens (tertiary/aromatic N) is 2. The maximum Gasteiger partial charge on any atom is 0.402 e. The first-order valence-electron chi connectivity index (χ1n) is 5.50. The van der Waals surface area contributed by atoms with Gasteiger partial charge in [-0.25, -0.2) is 8.42 Å². The van der Waals surface area contributed by atoms with E-state index in [1.54, 1.807) is 0 Å². The van der Waals surface area contributed by atoms with Gasteiger partial charge in [-0.2, -0.15) is 17.5 Å². The van der Waals surface area contributed by atoms with Crippen LogP contribution < -0.4 is 0 Å². The number of rotatable bonds is 6. The molecule has 118 valence electrons. The molecule has 7 nitrogen and oxygen atoms in total. The van der Waals surface area contributed by atoms with E-state index in [-0.39, 0.29) is 4.31 Å². The second kappa shape index (κ2) is 6.37. The standard InChI is InChI=1S/C10H11F3N2O5S/c11-10(12,13)7-14(4-5-16)21(19,20)9-3-1-2-8(6-9)15(17)18/h1-3,6,16H,4-5,7H2. The molecule has 21 heavy (non-hydrogen) atoms. The Labute approximate surface area is 117 Å². The molecule has 1 rings (SSSR count). The maximum atomic E-state index is 12.4. The number of hydrogen-bond acceptors (Lipinski definition) is 5. The molecule has 0 aromatic heterocycles. The highest BCUT2D eigenvalue weighted by molar-refractivity contribution is 7.89. The number of alkyl halides is 3. The van der Waals surface area contributed by atoms with Gasteiger partial charge in [0.25, 0.3) is 5.69 Å². The van der Waals surface area contributed by atoms with Crippen molar-refractivity contribution in [1.82, 2.24) is 4.31 Å². The zero-order chi connectivity index (χ0) is 16.3. The molecule has 1 N–H and O–H groups in total. The van der Waals surface area contributed by atoms with Crippen molar-refractivity contribution in [3.8, 4) is 0 Å². The van der Waals surface area contributed by atoms with Crippen LogP contribution in [0, 0.1) is 10.1 Å². The quantitative estimate of drug-likeness (QED) is 0.623. The Kier molecular flexibility index (Phi) is 5.25. The first-order chi connectivity index (χ1) is 9.58. The third kappa shape index (κ3) is 4.65. The van der Waals surface area contributed by atoms with Gasteiger partial charge in [-0.15, -0.1) is 0 Å². The summed E-state index contributed by atoms with van der Waals surface area (Å²) in [6, 6.07) is 3.67. The van der Waals surface area contributed by atoms with Crippen LogP contribution in [0.3, 0.4) is 0 Å². The third-order valence-electron chi connectivity index (χ3n) is 2.37. The summed E-state index contributed by atoms with van der Waals surface area (Å²) < 4.78 is 61.3. The highest BCUT2D eigenvalue weighted by Gasteiger charge is 2.37. The normalized spacial score (nSPS) is 12.6. The van der Waals surface area contributed by atoms with Crippen LogP contribution in [0.15, 0.2) is 29.2 Å². The van der Waals surface area contributed by atoms with Crippen molar-refractivity contribution >= 4 is 15.7 Å². The summed E-state index contributed by atoms with van der Waals surface area (Å²) in [4.78, 5) is 9.08. The number of sulfonamides is 1. The summed E-state index contributed by atoms with van der Waals surface area (Å²) in [5, 5.41) is 19.3. The van der Waals surface area contributed by atoms with Crippen molar-refractivity contribution in [1.29, 1.82) is 0 Å². The zero-order valence-corrected chi connectivity index (χ0v) is 11.3. The van der Waals surface area contributed by atoms with Crippen LogP contribution in [0.2, 0.25) is 0 Å². The van der Waals surface area contributed by atoms with Crippen LogP contribution in [-0.2, 0) is 10.0 Å². The highest BCUT2D eigenvalue weighted by atomic mass is 32.2. The fourth-order valence-electron chi connectivity index (χ4n) is 1.50. The molecule has 0 atom stereocenters. The van der Waals surface area contributed by atoms with Gasteiger partial charge in [-0.1, -0.05) is 6.07 Å². The third-order valence-corrected chi connectivity index (χ3v) is 4.21. The fourth-order valence-corrected chi connectivity index (χ4v) is 2.96. The van der Waals surface area contributed by atoms with E-state index >= 15 is 0 Å². The van der Waals surface area contributed by atoms with Gasteiger partial charge < -0.3 is 5.11 Å². The van der Waals surface area contributed by atoms with E-state index in [1.807, 2.05) is 0 Å². The molecule has 0 aliphatic heterocycles. The van der Waals surface area contributed by atoms with Crippen LogP contribution in [-0.4, -0.2) is 48.6 Å². The lowest BCUT2D eigenvalue weighted by atomic mass is 10.3. The number of hydrogen-bond donors (Lipinski definition) is 1. The van der Waals surface area contributed by atoms with E-state index in [2.05, 4.69) is 0 Å². The minimum atomic E-state index is -4.80. The van der Waals surface area contributed by atoms with E-state index in [0.29, 0.717) is 6.07 Å². The molecule has 0 spiro atoms. The molecule has 0 aliphatic rings. The summed E-state index contributed by atoms with van der Waals surface area (Å²) >= 11 is 0. The lowest BCUT2D eigenvalue weighted by Crippen LogP contribution is -2.40. The molecule has 11 heteroatoms. The zero-order valence-electron chi connectivity index (χ0n) is 10.4. The molecule has 0 amide bonds. The van der Waals surface area contributed by atoms with E-state index in [0.717, 1.165) is 18.2 Å². The van der Waals surface area contributed by atoms with Gasteiger partial charge in [0.15, 0.2) is 0 Å². The van der Waals surface area contributed by atoms with Crippen molar-refractivity contribution < 1.29 is 31.6 Å². The number of benzene rings is 1. The van der Waals surface area contributed by atoms with Gasteiger partial charge in [0.2, 0.25) is 10.0 Å². The Morgan fingerprint density at radius 2 is 1.95 bits per heavy atom. The monoisotopic (exact) mass is 328 g/mol. The van der Waals surface area contributed by atoms with Crippen LogP contribution in [0.5, 0.6) is 0 Å². The largest absolute Gasteiger partial charge is 0.402 e. The molecule has 0 saturated heterocycles. The number of nitro groups is 1. The molecule has 0 fully saturated rings. The van der Waals surface area contributed by atoms with Gasteiger partial charge in [0.05, 0.1) is 16.4 Å². The lowest BCUT2D eigenvalue weighted by molar-refractivity contribution is -0.385. The van der Waals surface area contributed by atoms with Gasteiger partial charge in [-0.05, 0) is 6.07 Å². The Morgan fingerprint density at radius 3 is 2.43 bits per heavy atom. The molecular formula is C10H11F3N2O5S. The molecule has 1 aromatic carbocycles. The Hall–Kier alpha value is -1.72. The average molecular weight is 328 g/mol. The summed E-state index contributed by atoms with van der Waals surface area (Å²) in [6.45, 7) is -3.38. The molecule has 0 radical (unpaired) electrons. The average Bonchev–Trinajstić information content (AvgIpc) is 2.37. The molecule has 0 bridgehead atoms. The molecule has 0 saturated carbocycles. The summed E-state index contributed by atoms with van der Waals surface area (Å²) in [5.41, 5.74) is -0.563. The van der Waals surface area contributed by atoms with Gasteiger partial charge in [-0.3, -0.25) is 10.1 Å². The molecule has 1 aromatic rings. The van der Waals surface area contributed by atoms with Crippen LogP contribution in [0.1, 0.15) is 0 Å². The molecular weight excluding hydrogens is 317 g/mol. The molecule has 0 heterocycles. The van der Waals surface area contributed by atoms with Crippen LogP contribution >= 0.6 is 0 Å². The number of aliphatic hydroxyl groups is 1. The van der Waals surface area contributed by atoms with Crippen molar-refractivity contribution in [2.45, 2.75) is 11.1 Å². The van der Waals surface area contributed by atoms with E-state index < -0.39 is 51.4 Å². The predicted octanol–water partition coefficient (Wildman–Crippen LogP) is 1.14. The van der Waals surface area contributed by atoms with E-state index in [4.69, 9.17) is 5.11 Å². The topological polar surface area (TPSA) is 101 Å². The summed E-state index contributed by atoms with van der Waals surface area (Å²) in [5.74, 6) is 0. The molecule has 0 unspecified atom stereocenters. The van der Waals surface area contributed by atoms with E-state index in [9.17, 15) is 31.7 Å². The SMILES string of the molecule is O=[N+]([O-])c1cccc(S(=O)(=O)N(CCO)CC(F)(F)F)c1. The number of aliphatic hydroxyl groups excluding tert-OH is 1. The lowest BCUT2D eigenvalue weighted by Gasteiger charge is -2.22. The van der Waals surface area contributed by atoms with Crippen LogP contribution in [0.4, 0.5) is 18.9 Å². The second-order valence-electron chi connectivity index (χ2n) is 3.93. The Bertz CT molecular complexity index is 617. The Balaban J connectivity index is 3.22. The molecule has 0 aliphatic carbocycles. The Morgan fingerprint density at radius 1 is 1.33 bits per heavy atom. The van der Waals surface area contributed by atoms with Crippen molar-refractivity contribution in [3.05, 3.63) is 34.4 Å². The minimum Gasteiger partial charge on any atom is -0.395 e. The minimum absolute atomic E-state index is 0.0199. The van der Waals surface area contributed by atoms with Crippen molar-refractivity contribution in [2.75, 3.05) is 19.7 Å². The number of nitro benzene ring substituents is 1. The van der Waals surface area contributed by atoms with Gasteiger partial charge in [0.1, 0.15) is 6.54 Å². The number of non-ortho nitro benzene ring substituents is 1. The van der Waals surface area contributed by atoms with Crippen molar-refractivity contribution in [2.24, 2.45) is 0 Å². The van der Waals surface area contributed by atoms with Crippen molar-refractivity contribution in [3.63, 3.8) is 0 Å². The predicted molar refractivity (Wildman–Crippen MR) is 65.0 cm³/mol. The van der Waals surface area contributed by atoms with E-state index in [1.165, 1.54) is 0 Å². The first kappa shape index (κ1) is 17.3.